The zero-order chi connectivity index (χ0) is 18.8. The molecule has 27 heavy (non-hydrogen) atoms. The Hall–Kier alpha value is -2.80. The number of hydrogen-bond acceptors (Lipinski definition) is 5. The maximum Gasteiger partial charge on any atom is 0.236 e. The van der Waals surface area contributed by atoms with E-state index in [4.69, 9.17) is 0 Å². The van der Waals surface area contributed by atoms with Gasteiger partial charge in [0.05, 0.1) is 6.04 Å². The van der Waals surface area contributed by atoms with E-state index in [0.717, 1.165) is 17.0 Å². The first-order chi connectivity index (χ1) is 13.1. The Bertz CT molecular complexity index is 939. The summed E-state index contributed by atoms with van der Waals surface area (Å²) in [5, 5.41) is 11.7. The molecule has 1 aliphatic heterocycles. The van der Waals surface area contributed by atoms with Gasteiger partial charge in [-0.3, -0.25) is 4.79 Å². The Morgan fingerprint density at radius 2 is 1.85 bits per heavy atom. The highest BCUT2D eigenvalue weighted by molar-refractivity contribution is 8.00. The van der Waals surface area contributed by atoms with Crippen LogP contribution >= 0.6 is 11.8 Å². The summed E-state index contributed by atoms with van der Waals surface area (Å²) in [5.41, 5.74) is 6.74. The van der Waals surface area contributed by atoms with Crippen LogP contribution < -0.4 is 10.7 Å². The summed E-state index contributed by atoms with van der Waals surface area (Å²) in [6, 6.07) is 18.0. The number of carbonyl (C=O) groups is 1. The molecule has 1 aliphatic rings. The molecular weight excluding hydrogens is 358 g/mol. The van der Waals surface area contributed by atoms with E-state index in [1.165, 1.54) is 17.3 Å². The van der Waals surface area contributed by atoms with E-state index in [1.807, 2.05) is 41.9 Å². The lowest BCUT2D eigenvalue weighted by Gasteiger charge is -2.32. The van der Waals surface area contributed by atoms with E-state index in [0.29, 0.717) is 11.7 Å². The Kier molecular flexibility index (Phi) is 4.85. The smallest absolute Gasteiger partial charge is 0.236 e. The third kappa shape index (κ3) is 3.68. The van der Waals surface area contributed by atoms with Gasteiger partial charge >= 0.3 is 0 Å². The molecule has 2 heterocycles. The maximum absolute atomic E-state index is 13.0. The quantitative estimate of drug-likeness (QED) is 0.729. The van der Waals surface area contributed by atoms with Gasteiger partial charge in [-0.05, 0) is 25.0 Å². The van der Waals surface area contributed by atoms with E-state index in [9.17, 15) is 4.79 Å². The topological polar surface area (TPSA) is 71.8 Å². The number of aromatic nitrogens is 3. The van der Waals surface area contributed by atoms with E-state index < -0.39 is 0 Å². The van der Waals surface area contributed by atoms with Crippen molar-refractivity contribution >= 4 is 17.7 Å². The lowest BCUT2D eigenvalue weighted by atomic mass is 10.0. The monoisotopic (exact) mass is 379 g/mol. The van der Waals surface area contributed by atoms with Gasteiger partial charge in [0, 0.05) is 6.54 Å². The van der Waals surface area contributed by atoms with Crippen molar-refractivity contribution in [1.29, 1.82) is 0 Å². The number of amides is 1. The molecule has 0 saturated heterocycles. The Labute approximate surface area is 162 Å². The molecule has 138 valence electrons. The number of rotatable bonds is 4. The molecule has 0 aliphatic carbocycles. The SMILES string of the molecule is Cc1ccc([C@@H]2Nn3c(C)nnc3S[C@H]2C(=O)NCc2ccccc2)cc1. The van der Waals surface area contributed by atoms with Crippen LogP contribution in [0.25, 0.3) is 0 Å². The average molecular weight is 379 g/mol. The second kappa shape index (κ2) is 7.44. The number of aryl methyl sites for hydroxylation is 2. The normalized spacial score (nSPS) is 18.4. The van der Waals surface area contributed by atoms with Crippen LogP contribution in [0, 0.1) is 13.8 Å². The molecule has 2 N–H and O–H groups in total. The molecule has 0 unspecified atom stereocenters. The molecule has 1 aromatic heterocycles. The van der Waals surface area contributed by atoms with Gasteiger partial charge < -0.3 is 10.7 Å². The number of hydrogen-bond donors (Lipinski definition) is 2. The molecule has 6 nitrogen and oxygen atoms in total. The number of nitrogens with zero attached hydrogens (tertiary/aromatic N) is 3. The predicted molar refractivity (Wildman–Crippen MR) is 106 cm³/mol. The second-order valence-corrected chi connectivity index (χ2v) is 7.73. The number of carbonyl (C=O) groups excluding carboxylic acids is 1. The van der Waals surface area contributed by atoms with E-state index in [-0.39, 0.29) is 17.2 Å². The Balaban J connectivity index is 1.59. The molecule has 0 radical (unpaired) electrons. The van der Waals surface area contributed by atoms with Crippen molar-refractivity contribution in [3.05, 3.63) is 77.1 Å². The molecule has 2 aromatic carbocycles. The molecule has 0 fully saturated rings. The molecule has 4 rings (SSSR count). The van der Waals surface area contributed by atoms with Crippen molar-refractivity contribution in [2.45, 2.75) is 36.8 Å². The van der Waals surface area contributed by atoms with Crippen molar-refractivity contribution in [2.75, 3.05) is 5.43 Å². The van der Waals surface area contributed by atoms with Crippen LogP contribution in [0.3, 0.4) is 0 Å². The van der Waals surface area contributed by atoms with Crippen LogP contribution in [0.15, 0.2) is 59.8 Å². The maximum atomic E-state index is 13.0. The summed E-state index contributed by atoms with van der Waals surface area (Å²) < 4.78 is 1.86. The highest BCUT2D eigenvalue weighted by Gasteiger charge is 2.37. The Morgan fingerprint density at radius 1 is 1.11 bits per heavy atom. The van der Waals surface area contributed by atoms with Crippen LogP contribution in [0.5, 0.6) is 0 Å². The molecule has 1 amide bonds. The largest absolute Gasteiger partial charge is 0.351 e. The highest BCUT2D eigenvalue weighted by atomic mass is 32.2. The average Bonchev–Trinajstić information content (AvgIpc) is 3.07. The molecule has 3 aromatic rings. The number of thioether (sulfide) groups is 1. The number of benzene rings is 2. The van der Waals surface area contributed by atoms with Gasteiger partial charge in [-0.1, -0.05) is 71.9 Å². The van der Waals surface area contributed by atoms with Gasteiger partial charge in [-0.2, -0.15) is 0 Å². The molecule has 0 bridgehead atoms. The fourth-order valence-electron chi connectivity index (χ4n) is 3.07. The molecule has 0 saturated carbocycles. The van der Waals surface area contributed by atoms with Crippen LogP contribution in [-0.2, 0) is 11.3 Å². The molecular formula is C20H21N5OS. The number of fused-ring (bicyclic) bond motifs is 1. The lowest BCUT2D eigenvalue weighted by Crippen LogP contribution is -2.44. The van der Waals surface area contributed by atoms with E-state index >= 15 is 0 Å². The summed E-state index contributed by atoms with van der Waals surface area (Å²) in [4.78, 5) is 13.0. The zero-order valence-electron chi connectivity index (χ0n) is 15.2. The van der Waals surface area contributed by atoms with E-state index in [1.54, 1.807) is 0 Å². The molecule has 7 heteroatoms. The fourth-order valence-corrected chi connectivity index (χ4v) is 4.22. The van der Waals surface area contributed by atoms with Crippen molar-refractivity contribution in [1.82, 2.24) is 20.2 Å². The van der Waals surface area contributed by atoms with Crippen molar-refractivity contribution in [2.24, 2.45) is 0 Å². The lowest BCUT2D eigenvalue weighted by molar-refractivity contribution is -0.121. The van der Waals surface area contributed by atoms with Gasteiger partial charge in [0.15, 0.2) is 0 Å². The third-order valence-corrected chi connectivity index (χ3v) is 5.82. The minimum absolute atomic E-state index is 0.0196. The predicted octanol–water partition coefficient (Wildman–Crippen LogP) is 2.97. The van der Waals surface area contributed by atoms with Crippen LogP contribution in [0.1, 0.15) is 28.6 Å². The summed E-state index contributed by atoms with van der Waals surface area (Å²) in [6.07, 6.45) is 0. The van der Waals surface area contributed by atoms with Gasteiger partial charge in [-0.15, -0.1) is 10.2 Å². The van der Waals surface area contributed by atoms with Gasteiger partial charge in [0.1, 0.15) is 11.1 Å². The van der Waals surface area contributed by atoms with Gasteiger partial charge in [0.2, 0.25) is 11.1 Å². The molecule has 2 atom stereocenters. The summed E-state index contributed by atoms with van der Waals surface area (Å²) in [5.74, 6) is 0.756. The van der Waals surface area contributed by atoms with Crippen molar-refractivity contribution < 1.29 is 4.79 Å². The van der Waals surface area contributed by atoms with Gasteiger partial charge in [-0.25, -0.2) is 4.68 Å². The molecule has 0 spiro atoms. The van der Waals surface area contributed by atoms with E-state index in [2.05, 4.69) is 52.1 Å². The Morgan fingerprint density at radius 3 is 2.59 bits per heavy atom. The van der Waals surface area contributed by atoms with Crippen LogP contribution in [0.2, 0.25) is 0 Å². The first-order valence-electron chi connectivity index (χ1n) is 8.85. The summed E-state index contributed by atoms with van der Waals surface area (Å²) in [6.45, 7) is 4.45. The first-order valence-corrected chi connectivity index (χ1v) is 9.73. The number of nitrogens with one attached hydrogen (secondary N) is 2. The van der Waals surface area contributed by atoms with Crippen LogP contribution in [0.4, 0.5) is 0 Å². The minimum atomic E-state index is -0.340. The van der Waals surface area contributed by atoms with Crippen molar-refractivity contribution in [3.63, 3.8) is 0 Å². The first kappa shape index (κ1) is 17.6. The van der Waals surface area contributed by atoms with Crippen LogP contribution in [-0.4, -0.2) is 26.0 Å². The standard InChI is InChI=1S/C20H21N5OS/c1-13-8-10-16(11-9-13)17-18(27-20-23-22-14(2)25(20)24-17)19(26)21-12-15-6-4-3-5-7-15/h3-11,17-18,24H,12H2,1-2H3,(H,21,26)/t17-,18+/m0/s1. The third-order valence-electron chi connectivity index (χ3n) is 4.60. The van der Waals surface area contributed by atoms with Crippen molar-refractivity contribution in [3.8, 4) is 0 Å². The summed E-state index contributed by atoms with van der Waals surface area (Å²) in [7, 11) is 0. The highest BCUT2D eigenvalue weighted by Crippen LogP contribution is 2.37. The zero-order valence-corrected chi connectivity index (χ0v) is 16.0. The summed E-state index contributed by atoms with van der Waals surface area (Å²) >= 11 is 1.44. The van der Waals surface area contributed by atoms with Gasteiger partial charge in [0.25, 0.3) is 0 Å². The minimum Gasteiger partial charge on any atom is -0.351 e. The fraction of sp³-hybridized carbons (Fsp3) is 0.250. The second-order valence-electron chi connectivity index (χ2n) is 6.62.